The minimum absolute atomic E-state index is 0.0536. The Hall–Kier alpha value is -7.54. The van der Waals surface area contributed by atoms with Crippen LogP contribution in [0.5, 0.6) is 0 Å². The van der Waals surface area contributed by atoms with Crippen LogP contribution in [0.3, 0.4) is 0 Å². The van der Waals surface area contributed by atoms with E-state index in [1.807, 2.05) is 0 Å². The van der Waals surface area contributed by atoms with Crippen LogP contribution in [0, 0.1) is 0 Å². The van der Waals surface area contributed by atoms with Crippen LogP contribution in [0.15, 0.2) is 212 Å². The van der Waals surface area contributed by atoms with Crippen molar-refractivity contribution in [3.63, 3.8) is 0 Å². The van der Waals surface area contributed by atoms with E-state index in [1.165, 1.54) is 134 Å². The third-order valence-electron chi connectivity index (χ3n) is 17.9. The van der Waals surface area contributed by atoms with Crippen molar-refractivity contribution in [1.29, 1.82) is 0 Å². The molecule has 9 aromatic rings. The van der Waals surface area contributed by atoms with Crippen LogP contribution in [-0.4, -0.2) is 0 Å². The molecule has 0 bridgehead atoms. The lowest BCUT2D eigenvalue weighted by molar-refractivity contribution is 0.590. The lowest BCUT2D eigenvalue weighted by Gasteiger charge is -2.37. The Morgan fingerprint density at radius 3 is 1.19 bits per heavy atom. The van der Waals surface area contributed by atoms with E-state index in [9.17, 15) is 0 Å². The molecular weight excluding hydrogens is 901 g/mol. The molecule has 4 aliphatic rings. The molecule has 75 heavy (non-hydrogen) atoms. The van der Waals surface area contributed by atoms with Crippen molar-refractivity contribution >= 4 is 5.57 Å². The molecule has 0 N–H and O–H groups in total. The molecule has 0 aliphatic heterocycles. The molecule has 0 spiro atoms. The summed E-state index contributed by atoms with van der Waals surface area (Å²) in [6, 6.07) is 75.6. The van der Waals surface area contributed by atoms with Crippen LogP contribution in [0.25, 0.3) is 72.3 Å². The minimum Gasteiger partial charge on any atom is -0.0836 e. The Kier molecular flexibility index (Phi) is 10.5. The van der Waals surface area contributed by atoms with Crippen LogP contribution in [0.4, 0.5) is 0 Å². The van der Waals surface area contributed by atoms with Crippen molar-refractivity contribution in [1.82, 2.24) is 0 Å². The van der Waals surface area contributed by atoms with Gasteiger partial charge >= 0.3 is 0 Å². The highest BCUT2D eigenvalue weighted by Crippen LogP contribution is 2.58. The van der Waals surface area contributed by atoms with E-state index in [-0.39, 0.29) is 21.7 Å². The van der Waals surface area contributed by atoms with E-state index in [0.29, 0.717) is 0 Å². The summed E-state index contributed by atoms with van der Waals surface area (Å²) in [6.45, 7) is 23.6. The quantitative estimate of drug-likeness (QED) is 0.156. The predicted molar refractivity (Wildman–Crippen MR) is 319 cm³/mol. The highest BCUT2D eigenvalue weighted by molar-refractivity contribution is 5.92. The van der Waals surface area contributed by atoms with Crippen LogP contribution in [0.1, 0.15) is 138 Å². The van der Waals surface area contributed by atoms with Gasteiger partial charge in [0, 0.05) is 10.8 Å². The summed E-state index contributed by atoms with van der Waals surface area (Å²) in [5, 5.41) is 0. The number of benzene rings is 9. The zero-order valence-corrected chi connectivity index (χ0v) is 45.5. The van der Waals surface area contributed by atoms with Crippen LogP contribution >= 0.6 is 0 Å². The molecule has 0 unspecified atom stereocenters. The molecule has 0 aromatic heterocycles. The lowest BCUT2D eigenvalue weighted by atomic mass is 9.65. The summed E-state index contributed by atoms with van der Waals surface area (Å²) in [5.74, 6) is 0. The molecule has 9 aromatic carbocycles. The highest BCUT2D eigenvalue weighted by Gasteiger charge is 2.48. The lowest BCUT2D eigenvalue weighted by Crippen LogP contribution is -2.30. The first-order valence-corrected chi connectivity index (χ1v) is 27.4. The summed E-state index contributed by atoms with van der Waals surface area (Å²) in [5.41, 5.74) is 31.2. The van der Waals surface area contributed by atoms with Crippen LogP contribution in [0.2, 0.25) is 0 Å². The van der Waals surface area contributed by atoms with Gasteiger partial charge < -0.3 is 0 Å². The van der Waals surface area contributed by atoms with E-state index in [2.05, 4.69) is 276 Å². The zero-order chi connectivity index (χ0) is 51.8. The van der Waals surface area contributed by atoms with Gasteiger partial charge in [-0.25, -0.2) is 0 Å². The van der Waals surface area contributed by atoms with E-state index >= 15 is 0 Å². The summed E-state index contributed by atoms with van der Waals surface area (Å²) in [4.78, 5) is 0. The van der Waals surface area contributed by atoms with Gasteiger partial charge in [0.25, 0.3) is 0 Å². The van der Waals surface area contributed by atoms with Crippen LogP contribution < -0.4 is 0 Å². The molecule has 0 amide bonds. The summed E-state index contributed by atoms with van der Waals surface area (Å²) < 4.78 is 0. The Labute approximate surface area is 446 Å². The molecule has 0 heteroatoms. The van der Waals surface area contributed by atoms with Gasteiger partial charge in [0.1, 0.15) is 0 Å². The fourth-order valence-corrected chi connectivity index (χ4v) is 13.8. The average Bonchev–Trinajstić information content (AvgIpc) is 4.05. The molecule has 13 rings (SSSR count). The maximum atomic E-state index is 2.54. The molecule has 0 atom stereocenters. The molecule has 368 valence electrons. The normalized spacial score (nSPS) is 16.2. The Balaban J connectivity index is 0.971. The van der Waals surface area contributed by atoms with Gasteiger partial charge in [0.05, 0.1) is 5.41 Å². The van der Waals surface area contributed by atoms with Crippen LogP contribution in [-0.2, 0) is 27.1 Å². The number of hydrogen-bond donors (Lipinski definition) is 0. The molecule has 0 nitrogen and oxygen atoms in total. The van der Waals surface area contributed by atoms with E-state index < -0.39 is 5.41 Å². The molecule has 0 saturated heterocycles. The van der Waals surface area contributed by atoms with Gasteiger partial charge in [0.2, 0.25) is 0 Å². The number of allylic oxidation sites excluding steroid dienone is 4. The first kappa shape index (κ1) is 47.2. The van der Waals surface area contributed by atoms with Gasteiger partial charge in [-0.1, -0.05) is 239 Å². The predicted octanol–water partition coefficient (Wildman–Crippen LogP) is 20.0. The Morgan fingerprint density at radius 1 is 0.333 bits per heavy atom. The first-order valence-electron chi connectivity index (χ1n) is 27.4. The Morgan fingerprint density at radius 2 is 0.733 bits per heavy atom. The fourth-order valence-electron chi connectivity index (χ4n) is 13.8. The van der Waals surface area contributed by atoms with Gasteiger partial charge in [0.15, 0.2) is 0 Å². The van der Waals surface area contributed by atoms with Crippen molar-refractivity contribution in [2.75, 3.05) is 0 Å². The largest absolute Gasteiger partial charge is 0.0836 e. The third kappa shape index (κ3) is 7.30. The van der Waals surface area contributed by atoms with Gasteiger partial charge in [-0.15, -0.1) is 0 Å². The summed E-state index contributed by atoms with van der Waals surface area (Å²) >= 11 is 0. The highest BCUT2D eigenvalue weighted by atomic mass is 14.5. The van der Waals surface area contributed by atoms with Crippen molar-refractivity contribution in [3.8, 4) is 66.8 Å². The second kappa shape index (κ2) is 16.7. The maximum Gasteiger partial charge on any atom is 0.0677 e. The van der Waals surface area contributed by atoms with Gasteiger partial charge in [-0.3, -0.25) is 0 Å². The van der Waals surface area contributed by atoms with E-state index in [1.54, 1.807) is 0 Å². The van der Waals surface area contributed by atoms with E-state index in [4.69, 9.17) is 0 Å². The molecule has 4 aliphatic carbocycles. The third-order valence-corrected chi connectivity index (χ3v) is 17.9. The molecule has 0 radical (unpaired) electrons. The van der Waals surface area contributed by atoms with Gasteiger partial charge in [-0.05, 0) is 194 Å². The van der Waals surface area contributed by atoms with Crippen molar-refractivity contribution in [2.24, 2.45) is 0 Å². The topological polar surface area (TPSA) is 0 Å². The molecule has 0 saturated carbocycles. The minimum atomic E-state index is -0.501. The second-order valence-corrected chi connectivity index (χ2v) is 25.3. The maximum absolute atomic E-state index is 2.54. The Bertz CT molecular complexity index is 3690. The van der Waals surface area contributed by atoms with Gasteiger partial charge in [-0.2, -0.15) is 0 Å². The number of fused-ring (bicyclic) bond motifs is 8. The zero-order valence-electron chi connectivity index (χ0n) is 45.5. The van der Waals surface area contributed by atoms with E-state index in [0.717, 1.165) is 12.8 Å². The average molecular weight is 969 g/mol. The number of rotatable bonds is 6. The fraction of sp³-hybridized carbons (Fsp3) is 0.227. The van der Waals surface area contributed by atoms with Crippen molar-refractivity contribution < 1.29 is 0 Å². The molecule has 0 heterocycles. The SMILES string of the molecule is CC(C)(C)c1cc(-c2cccc(C3(c4cccc(-c5cc(-c6ccc7c(c6)C(C)(C)c6ccccc6-7)cc(C(C)(C)C)c5)c4)C4=C(C=CCC4)c4ccccc43)c2)cc(-c2ccc3c(c2)C(C)(C)c2ccccc2-3)c1. The second-order valence-electron chi connectivity index (χ2n) is 25.3. The summed E-state index contributed by atoms with van der Waals surface area (Å²) in [7, 11) is 0. The smallest absolute Gasteiger partial charge is 0.0677 e. The first-order chi connectivity index (χ1) is 35.9. The number of hydrogen-bond acceptors (Lipinski definition) is 0. The molecular formula is C75H68. The van der Waals surface area contributed by atoms with Crippen molar-refractivity contribution in [3.05, 3.63) is 267 Å². The molecule has 0 fully saturated rings. The standard InChI is InChI=1S/C75H68/c1-71(2,3)57-41-51(37-53(43-57)49-33-35-63-59-25-11-15-29-65(59)73(7,8)69(63)45-49)47-21-19-23-55(39-47)75(67-31-17-13-27-61(67)62-28-14-18-32-68(62)75)56-24-20-22-48(40-56)52-38-54(44-58(42-52)72(4,5)6)50-34-36-64-60-26-12-16-30-66(60)74(9,10)70(64)46-50/h11-17,19-31,33-46H,18,32H2,1-10H3. The monoisotopic (exact) mass is 969 g/mol. The summed E-state index contributed by atoms with van der Waals surface area (Å²) in [6.07, 6.45) is 6.82. The van der Waals surface area contributed by atoms with Crippen molar-refractivity contribution in [2.45, 2.75) is 109 Å².